The average Bonchev–Trinajstić information content (AvgIpc) is 2.71. The van der Waals surface area contributed by atoms with Gasteiger partial charge in [0, 0.05) is 12.1 Å². The Morgan fingerprint density at radius 2 is 1.79 bits per heavy atom. The molecular formula is C14H15F3N2O4S. The van der Waals surface area contributed by atoms with E-state index >= 15 is 0 Å². The summed E-state index contributed by atoms with van der Waals surface area (Å²) >= 11 is 0. The summed E-state index contributed by atoms with van der Waals surface area (Å²) in [6.07, 6.45) is 1.99. The number of halogens is 3. The number of benzene rings is 1. The van der Waals surface area contributed by atoms with Crippen LogP contribution in [0.3, 0.4) is 0 Å². The zero-order valence-corrected chi connectivity index (χ0v) is 13.2. The maximum atomic E-state index is 12.5. The topological polar surface area (TPSA) is 92.3 Å². The molecule has 0 bridgehead atoms. The molecule has 1 atom stereocenters. The lowest BCUT2D eigenvalue weighted by Gasteiger charge is -2.15. The molecule has 1 unspecified atom stereocenters. The van der Waals surface area contributed by atoms with Gasteiger partial charge in [-0.25, -0.2) is 8.42 Å². The lowest BCUT2D eigenvalue weighted by atomic mass is 10.1. The van der Waals surface area contributed by atoms with Crippen LogP contribution in [0.1, 0.15) is 29.6 Å². The Hall–Kier alpha value is -2.10. The molecule has 1 aromatic rings. The minimum absolute atomic E-state index is 0.0341. The molecule has 1 aliphatic heterocycles. The summed E-state index contributed by atoms with van der Waals surface area (Å²) in [6, 6.07) is 2.65. The summed E-state index contributed by atoms with van der Waals surface area (Å²) in [5, 5.41) is 5.13. The third kappa shape index (κ3) is 3.86. The second-order valence-corrected chi connectivity index (χ2v) is 7.23. The highest BCUT2D eigenvalue weighted by atomic mass is 32.2. The van der Waals surface area contributed by atoms with Crippen molar-refractivity contribution in [1.29, 1.82) is 0 Å². The maximum absolute atomic E-state index is 12.5. The molecule has 0 radical (unpaired) electrons. The fraction of sp³-hybridized carbons (Fsp3) is 0.429. The molecule has 1 fully saturated rings. The van der Waals surface area contributed by atoms with Crippen LogP contribution < -0.4 is 10.6 Å². The van der Waals surface area contributed by atoms with Crippen molar-refractivity contribution in [2.24, 2.45) is 0 Å². The van der Waals surface area contributed by atoms with Gasteiger partial charge in [-0.3, -0.25) is 9.59 Å². The van der Waals surface area contributed by atoms with Crippen LogP contribution in [0.4, 0.5) is 13.2 Å². The third-order valence-corrected chi connectivity index (χ3v) is 5.07. The number of carbonyl (C=O) groups excluding carboxylic acids is 2. The minimum Gasteiger partial charge on any atom is -0.354 e. The molecule has 2 amide bonds. The molecule has 1 aliphatic rings. The van der Waals surface area contributed by atoms with Gasteiger partial charge in [0.2, 0.25) is 5.91 Å². The normalized spacial score (nSPS) is 19.3. The minimum atomic E-state index is -5.46. The van der Waals surface area contributed by atoms with Gasteiger partial charge in [0.05, 0.1) is 4.90 Å². The highest BCUT2D eigenvalue weighted by molar-refractivity contribution is 7.92. The summed E-state index contributed by atoms with van der Waals surface area (Å²) in [5.74, 6) is -0.981. The molecule has 0 aliphatic carbocycles. The van der Waals surface area contributed by atoms with Crippen molar-refractivity contribution in [3.8, 4) is 0 Å². The number of alkyl halides is 3. The molecule has 10 heteroatoms. The van der Waals surface area contributed by atoms with Crippen LogP contribution in [0, 0.1) is 0 Å². The molecule has 1 aromatic carbocycles. The summed E-state index contributed by atoms with van der Waals surface area (Å²) in [7, 11) is -5.46. The van der Waals surface area contributed by atoms with E-state index in [1.54, 1.807) is 0 Å². The number of hydrogen-bond donors (Lipinski definition) is 2. The first-order valence-electron chi connectivity index (χ1n) is 7.13. The van der Waals surface area contributed by atoms with Crippen molar-refractivity contribution >= 4 is 21.7 Å². The highest BCUT2D eigenvalue weighted by Crippen LogP contribution is 2.30. The van der Waals surface area contributed by atoms with Crippen molar-refractivity contribution in [2.75, 3.05) is 6.54 Å². The van der Waals surface area contributed by atoms with E-state index < -0.39 is 32.2 Å². The standard InChI is InChI=1S/C14H15F3N2O4S/c15-14(16,17)24(22,23)10-6-4-9(5-7-10)12(20)19-11-3-1-2-8-18-13(11)21/h4-7,11H,1-3,8H2,(H,18,21)(H,19,20). The van der Waals surface area contributed by atoms with Crippen LogP contribution >= 0.6 is 0 Å². The van der Waals surface area contributed by atoms with E-state index in [0.29, 0.717) is 25.1 Å². The molecule has 1 saturated heterocycles. The van der Waals surface area contributed by atoms with Crippen molar-refractivity contribution < 1.29 is 31.2 Å². The van der Waals surface area contributed by atoms with E-state index in [2.05, 4.69) is 10.6 Å². The van der Waals surface area contributed by atoms with Crippen molar-refractivity contribution in [1.82, 2.24) is 10.6 Å². The first-order valence-corrected chi connectivity index (χ1v) is 8.61. The Labute approximate surface area is 136 Å². The summed E-state index contributed by atoms with van der Waals surface area (Å²) in [4.78, 5) is 22.9. The predicted molar refractivity (Wildman–Crippen MR) is 77.8 cm³/mol. The van der Waals surface area contributed by atoms with Crippen LogP contribution in [0.5, 0.6) is 0 Å². The molecule has 0 saturated carbocycles. The van der Waals surface area contributed by atoms with Gasteiger partial charge in [-0.2, -0.15) is 13.2 Å². The van der Waals surface area contributed by atoms with Gasteiger partial charge in [-0.1, -0.05) is 0 Å². The summed E-state index contributed by atoms with van der Waals surface area (Å²) in [6.45, 7) is 0.523. The monoisotopic (exact) mass is 364 g/mol. The average molecular weight is 364 g/mol. The Morgan fingerprint density at radius 3 is 2.38 bits per heavy atom. The SMILES string of the molecule is O=C(NC1CCCCNC1=O)c1ccc(S(=O)(=O)C(F)(F)F)cc1. The lowest BCUT2D eigenvalue weighted by Crippen LogP contribution is -2.45. The lowest BCUT2D eigenvalue weighted by molar-refractivity contribution is -0.122. The zero-order valence-electron chi connectivity index (χ0n) is 12.4. The number of carbonyl (C=O) groups is 2. The smallest absolute Gasteiger partial charge is 0.354 e. The fourth-order valence-electron chi connectivity index (χ4n) is 2.24. The Balaban J connectivity index is 2.13. The van der Waals surface area contributed by atoms with E-state index in [1.807, 2.05) is 0 Å². The van der Waals surface area contributed by atoms with Crippen LogP contribution in [0.2, 0.25) is 0 Å². The number of nitrogens with one attached hydrogen (secondary N) is 2. The van der Waals surface area contributed by atoms with E-state index in [1.165, 1.54) is 0 Å². The molecule has 1 heterocycles. The molecule has 6 nitrogen and oxygen atoms in total. The van der Waals surface area contributed by atoms with E-state index in [4.69, 9.17) is 0 Å². The van der Waals surface area contributed by atoms with Crippen molar-refractivity contribution in [3.05, 3.63) is 29.8 Å². The second kappa shape index (κ2) is 6.80. The van der Waals surface area contributed by atoms with Gasteiger partial charge in [-0.15, -0.1) is 0 Å². The zero-order chi connectivity index (χ0) is 18.0. The number of rotatable bonds is 3. The van der Waals surface area contributed by atoms with Crippen LogP contribution in [0.15, 0.2) is 29.2 Å². The maximum Gasteiger partial charge on any atom is 0.501 e. The first-order chi connectivity index (χ1) is 11.1. The highest BCUT2D eigenvalue weighted by Gasteiger charge is 2.46. The molecule has 132 valence electrons. The molecular weight excluding hydrogens is 349 g/mol. The van der Waals surface area contributed by atoms with Crippen LogP contribution in [-0.4, -0.2) is 38.3 Å². The van der Waals surface area contributed by atoms with Gasteiger partial charge in [0.15, 0.2) is 0 Å². The van der Waals surface area contributed by atoms with E-state index in [9.17, 15) is 31.2 Å². The molecule has 0 aromatic heterocycles. The van der Waals surface area contributed by atoms with Crippen LogP contribution in [0.25, 0.3) is 0 Å². The van der Waals surface area contributed by atoms with Gasteiger partial charge < -0.3 is 10.6 Å². The van der Waals surface area contributed by atoms with E-state index in [0.717, 1.165) is 25.0 Å². The number of sulfone groups is 1. The molecule has 2 rings (SSSR count). The van der Waals surface area contributed by atoms with Gasteiger partial charge in [0.1, 0.15) is 6.04 Å². The number of amides is 2. The van der Waals surface area contributed by atoms with Crippen molar-refractivity contribution in [3.63, 3.8) is 0 Å². The van der Waals surface area contributed by atoms with E-state index in [-0.39, 0.29) is 11.5 Å². The second-order valence-electron chi connectivity index (χ2n) is 5.29. The Kier molecular flexibility index (Phi) is 5.16. The number of hydrogen-bond acceptors (Lipinski definition) is 4. The molecule has 2 N–H and O–H groups in total. The largest absolute Gasteiger partial charge is 0.501 e. The van der Waals surface area contributed by atoms with Gasteiger partial charge in [-0.05, 0) is 43.5 Å². The summed E-state index contributed by atoms with van der Waals surface area (Å²) < 4.78 is 59.9. The fourth-order valence-corrected chi connectivity index (χ4v) is 3.00. The van der Waals surface area contributed by atoms with Crippen molar-refractivity contribution in [2.45, 2.75) is 35.7 Å². The van der Waals surface area contributed by atoms with Gasteiger partial charge in [0.25, 0.3) is 15.7 Å². The molecule has 0 spiro atoms. The van der Waals surface area contributed by atoms with Gasteiger partial charge >= 0.3 is 5.51 Å². The Bertz CT molecular complexity index is 729. The summed E-state index contributed by atoms with van der Waals surface area (Å²) in [5.41, 5.74) is -5.44. The third-order valence-electron chi connectivity index (χ3n) is 3.57. The predicted octanol–water partition coefficient (Wildman–Crippen LogP) is 1.38. The molecule has 24 heavy (non-hydrogen) atoms. The Morgan fingerprint density at radius 1 is 1.17 bits per heavy atom. The quantitative estimate of drug-likeness (QED) is 0.848. The van der Waals surface area contributed by atoms with Crippen LogP contribution in [-0.2, 0) is 14.6 Å². The first kappa shape index (κ1) is 18.2.